The minimum Gasteiger partial charge on any atom is -0.240 e. The Morgan fingerprint density at radius 3 is 2.62 bits per heavy atom. The highest BCUT2D eigenvalue weighted by Gasteiger charge is 2.11. The monoisotopic (exact) mass is 295 g/mol. The van der Waals surface area contributed by atoms with Gasteiger partial charge in [-0.2, -0.15) is 0 Å². The zero-order valence-corrected chi connectivity index (χ0v) is 10.9. The fourth-order valence-electron chi connectivity index (χ4n) is 1.21. The van der Waals surface area contributed by atoms with E-state index in [0.717, 1.165) is 5.01 Å². The number of aromatic nitrogens is 1. The predicted molar refractivity (Wildman–Crippen MR) is 67.1 cm³/mol. The Labute approximate surface area is 111 Å². The van der Waals surface area contributed by atoms with Crippen molar-refractivity contribution in [2.75, 3.05) is 0 Å². The number of halogens is 4. The Kier molecular flexibility index (Phi) is 3.70. The van der Waals surface area contributed by atoms with Crippen LogP contribution in [-0.4, -0.2) is 4.98 Å². The van der Waals surface area contributed by atoms with Crippen LogP contribution in [0.4, 0.5) is 4.39 Å². The van der Waals surface area contributed by atoms with Gasteiger partial charge >= 0.3 is 0 Å². The summed E-state index contributed by atoms with van der Waals surface area (Å²) in [6, 6.07) is 2.64. The summed E-state index contributed by atoms with van der Waals surface area (Å²) < 4.78 is 13.3. The van der Waals surface area contributed by atoms with Crippen LogP contribution in [0, 0.1) is 5.82 Å². The number of benzene rings is 1. The maximum absolute atomic E-state index is 13.3. The summed E-state index contributed by atoms with van der Waals surface area (Å²) in [7, 11) is 0. The molecular weight excluding hydrogens is 292 g/mol. The van der Waals surface area contributed by atoms with E-state index in [2.05, 4.69) is 4.98 Å². The maximum Gasteiger partial charge on any atom is 0.142 e. The Morgan fingerprint density at radius 2 is 2.00 bits per heavy atom. The molecule has 1 heterocycles. The van der Waals surface area contributed by atoms with Gasteiger partial charge in [-0.1, -0.05) is 23.2 Å². The second-order valence-corrected chi connectivity index (χ2v) is 5.03. The second kappa shape index (κ2) is 4.88. The van der Waals surface area contributed by atoms with Crippen molar-refractivity contribution < 1.29 is 4.39 Å². The minimum atomic E-state index is -0.513. The van der Waals surface area contributed by atoms with E-state index in [4.69, 9.17) is 34.8 Å². The highest BCUT2D eigenvalue weighted by atomic mass is 35.5. The lowest BCUT2D eigenvalue weighted by Crippen LogP contribution is -1.85. The summed E-state index contributed by atoms with van der Waals surface area (Å²) in [4.78, 5) is 4.22. The molecule has 0 aliphatic heterocycles. The topological polar surface area (TPSA) is 12.9 Å². The van der Waals surface area contributed by atoms with E-state index in [9.17, 15) is 4.39 Å². The average Bonchev–Trinajstić information content (AvgIpc) is 2.71. The van der Waals surface area contributed by atoms with Crippen LogP contribution in [0.5, 0.6) is 0 Å². The zero-order valence-electron chi connectivity index (χ0n) is 7.81. The van der Waals surface area contributed by atoms with Crippen molar-refractivity contribution in [2.45, 2.75) is 5.88 Å². The first kappa shape index (κ1) is 12.1. The Morgan fingerprint density at radius 1 is 1.25 bits per heavy atom. The van der Waals surface area contributed by atoms with Gasteiger partial charge in [0.15, 0.2) is 0 Å². The van der Waals surface area contributed by atoms with Crippen LogP contribution in [-0.2, 0) is 5.88 Å². The number of rotatable bonds is 2. The van der Waals surface area contributed by atoms with Gasteiger partial charge < -0.3 is 0 Å². The molecule has 1 aromatic heterocycles. The van der Waals surface area contributed by atoms with Crippen molar-refractivity contribution in [3.05, 3.63) is 38.4 Å². The molecule has 6 heteroatoms. The molecule has 0 aliphatic carbocycles. The molecule has 0 saturated heterocycles. The molecule has 0 amide bonds. The van der Waals surface area contributed by atoms with Gasteiger partial charge in [-0.25, -0.2) is 9.37 Å². The Bertz CT molecular complexity index is 527. The molecule has 2 aromatic rings. The number of hydrogen-bond acceptors (Lipinski definition) is 2. The van der Waals surface area contributed by atoms with Crippen LogP contribution in [0.25, 0.3) is 11.3 Å². The first-order chi connectivity index (χ1) is 7.61. The van der Waals surface area contributed by atoms with Gasteiger partial charge in [0.1, 0.15) is 10.8 Å². The molecule has 1 nitrogen and oxygen atoms in total. The highest BCUT2D eigenvalue weighted by molar-refractivity contribution is 7.10. The van der Waals surface area contributed by atoms with Crippen molar-refractivity contribution in [3.8, 4) is 11.3 Å². The van der Waals surface area contributed by atoms with E-state index in [-0.39, 0.29) is 5.02 Å². The fourth-order valence-corrected chi connectivity index (χ4v) is 2.58. The van der Waals surface area contributed by atoms with Crippen molar-refractivity contribution in [3.63, 3.8) is 0 Å². The van der Waals surface area contributed by atoms with E-state index < -0.39 is 5.82 Å². The number of hydrogen-bond donors (Lipinski definition) is 0. The molecule has 0 atom stereocenters. The van der Waals surface area contributed by atoms with Crippen LogP contribution in [0.2, 0.25) is 10.0 Å². The van der Waals surface area contributed by atoms with Gasteiger partial charge in [-0.05, 0) is 12.1 Å². The molecule has 0 spiro atoms. The molecule has 0 radical (unpaired) electrons. The Balaban J connectivity index is 2.51. The fraction of sp³-hybridized carbons (Fsp3) is 0.100. The molecule has 0 aliphatic rings. The third kappa shape index (κ3) is 2.33. The van der Waals surface area contributed by atoms with Crippen molar-refractivity contribution in [2.24, 2.45) is 0 Å². The summed E-state index contributed by atoms with van der Waals surface area (Å²) in [6.45, 7) is 0. The lowest BCUT2D eigenvalue weighted by atomic mass is 10.2. The first-order valence-electron chi connectivity index (χ1n) is 4.27. The summed E-state index contributed by atoms with van der Waals surface area (Å²) in [5.74, 6) is -0.181. The molecule has 84 valence electrons. The molecule has 0 bridgehead atoms. The van der Waals surface area contributed by atoms with Crippen molar-refractivity contribution in [1.29, 1.82) is 0 Å². The standard InChI is InChI=1S/C10H5Cl3FNS/c11-3-10-15-9(4-16-10)5-1-8(14)7(13)2-6(5)12/h1-2,4H,3H2. The highest BCUT2D eigenvalue weighted by Crippen LogP contribution is 2.32. The number of nitrogens with zero attached hydrogens (tertiary/aromatic N) is 1. The van der Waals surface area contributed by atoms with Crippen molar-refractivity contribution >= 4 is 46.1 Å². The number of alkyl halides is 1. The molecule has 0 unspecified atom stereocenters. The summed E-state index contributed by atoms with van der Waals surface area (Å²) >= 11 is 18.6. The van der Waals surface area contributed by atoms with Gasteiger partial charge in [-0.15, -0.1) is 22.9 Å². The van der Waals surface area contributed by atoms with Crippen molar-refractivity contribution in [1.82, 2.24) is 4.98 Å². The zero-order chi connectivity index (χ0) is 11.7. The largest absolute Gasteiger partial charge is 0.240 e. The molecule has 0 fully saturated rings. The van der Waals surface area contributed by atoms with E-state index >= 15 is 0 Å². The molecule has 0 N–H and O–H groups in total. The van der Waals surface area contributed by atoms with E-state index in [1.807, 2.05) is 0 Å². The minimum absolute atomic E-state index is 0.00143. The van der Waals surface area contributed by atoms with Gasteiger partial charge in [0.25, 0.3) is 0 Å². The second-order valence-electron chi connectivity index (χ2n) is 3.01. The molecular formula is C10H5Cl3FNS. The summed E-state index contributed by atoms with van der Waals surface area (Å²) in [5, 5.41) is 2.93. The van der Waals surface area contributed by atoms with Gasteiger partial charge in [0.2, 0.25) is 0 Å². The normalized spacial score (nSPS) is 10.8. The Hall–Kier alpha value is -0.350. The lowest BCUT2D eigenvalue weighted by molar-refractivity contribution is 0.628. The van der Waals surface area contributed by atoms with Gasteiger partial charge in [0, 0.05) is 10.9 Å². The van der Waals surface area contributed by atoms with Gasteiger partial charge in [0.05, 0.1) is 21.6 Å². The lowest BCUT2D eigenvalue weighted by Gasteiger charge is -2.02. The maximum atomic E-state index is 13.3. The van der Waals surface area contributed by atoms with Crippen LogP contribution in [0.15, 0.2) is 17.5 Å². The van der Waals surface area contributed by atoms with Crippen LogP contribution in [0.3, 0.4) is 0 Å². The average molecular weight is 297 g/mol. The third-order valence-electron chi connectivity index (χ3n) is 1.95. The molecule has 1 aromatic carbocycles. The smallest absolute Gasteiger partial charge is 0.142 e. The van der Waals surface area contributed by atoms with E-state index in [1.165, 1.54) is 23.5 Å². The predicted octanol–water partition coefficient (Wildman–Crippen LogP) is 4.99. The van der Waals surface area contributed by atoms with Gasteiger partial charge in [-0.3, -0.25) is 0 Å². The third-order valence-corrected chi connectivity index (χ3v) is 3.81. The SMILES string of the molecule is Fc1cc(-c2csc(CCl)n2)c(Cl)cc1Cl. The van der Waals surface area contributed by atoms with Crippen LogP contribution < -0.4 is 0 Å². The summed E-state index contributed by atoms with van der Waals surface area (Å²) in [5.41, 5.74) is 1.14. The van der Waals surface area contributed by atoms with Crippen LogP contribution >= 0.6 is 46.1 Å². The van der Waals surface area contributed by atoms with E-state index in [0.29, 0.717) is 22.2 Å². The summed E-state index contributed by atoms with van der Waals surface area (Å²) in [6.07, 6.45) is 0. The van der Waals surface area contributed by atoms with Crippen LogP contribution in [0.1, 0.15) is 5.01 Å². The molecule has 2 rings (SSSR count). The molecule has 0 saturated carbocycles. The first-order valence-corrected chi connectivity index (χ1v) is 6.44. The quantitative estimate of drug-likeness (QED) is 0.561. The molecule has 16 heavy (non-hydrogen) atoms. The number of thiazole rings is 1. The van der Waals surface area contributed by atoms with E-state index in [1.54, 1.807) is 5.38 Å².